The van der Waals surface area contributed by atoms with Gasteiger partial charge in [-0.15, -0.1) is 0 Å². The van der Waals surface area contributed by atoms with Crippen LogP contribution in [0.15, 0.2) is 0 Å². The monoisotopic (exact) mass is 260 g/mol. The number of unbranched alkanes of at least 4 members (excludes halogenated alkanes) is 6. The number of esters is 1. The van der Waals surface area contributed by atoms with E-state index in [-0.39, 0.29) is 11.2 Å². The smallest absolute Gasteiger partial charge is 0.318 e. The molecule has 0 aromatic rings. The van der Waals surface area contributed by atoms with Gasteiger partial charge in [-0.1, -0.05) is 58.8 Å². The van der Waals surface area contributed by atoms with Crippen LogP contribution >= 0.6 is 12.6 Å². The first-order valence-electron chi connectivity index (χ1n) is 7.07. The van der Waals surface area contributed by atoms with Crippen LogP contribution < -0.4 is 0 Å². The molecule has 0 heterocycles. The summed E-state index contributed by atoms with van der Waals surface area (Å²) in [6.07, 6.45) is 10.3. The Kier molecular flexibility index (Phi) is 12.2. The maximum absolute atomic E-state index is 11.5. The summed E-state index contributed by atoms with van der Waals surface area (Å²) in [5.74, 6) is -0.143. The summed E-state index contributed by atoms with van der Waals surface area (Å²) in [6, 6.07) is 0. The Morgan fingerprint density at radius 1 is 1.00 bits per heavy atom. The van der Waals surface area contributed by atoms with Crippen molar-refractivity contribution in [2.24, 2.45) is 0 Å². The van der Waals surface area contributed by atoms with E-state index >= 15 is 0 Å². The summed E-state index contributed by atoms with van der Waals surface area (Å²) in [4.78, 5) is 11.5. The maximum atomic E-state index is 11.5. The predicted molar refractivity (Wildman–Crippen MR) is 76.6 cm³/mol. The van der Waals surface area contributed by atoms with E-state index in [1.165, 1.54) is 32.1 Å². The van der Waals surface area contributed by atoms with Crippen LogP contribution in [0.5, 0.6) is 0 Å². The number of hydrogen-bond donors (Lipinski definition) is 1. The summed E-state index contributed by atoms with van der Waals surface area (Å²) in [5, 5.41) is -0.227. The first-order valence-corrected chi connectivity index (χ1v) is 7.58. The molecule has 3 heteroatoms. The van der Waals surface area contributed by atoms with Gasteiger partial charge in [-0.2, -0.15) is 12.6 Å². The van der Waals surface area contributed by atoms with E-state index in [2.05, 4.69) is 26.5 Å². The van der Waals surface area contributed by atoms with Crippen LogP contribution in [0.4, 0.5) is 0 Å². The van der Waals surface area contributed by atoms with Gasteiger partial charge in [-0.25, -0.2) is 0 Å². The Labute approximate surface area is 112 Å². The lowest BCUT2D eigenvalue weighted by Gasteiger charge is -2.10. The van der Waals surface area contributed by atoms with E-state index in [4.69, 9.17) is 4.74 Å². The first-order chi connectivity index (χ1) is 8.22. The fourth-order valence-electron chi connectivity index (χ4n) is 1.67. The highest BCUT2D eigenvalue weighted by Gasteiger charge is 2.13. The van der Waals surface area contributed by atoms with Gasteiger partial charge in [0, 0.05) is 0 Å². The SMILES string of the molecule is CCCCCCCCOC(=O)C(S)CCCC. The zero-order valence-electron chi connectivity index (χ0n) is 11.4. The van der Waals surface area contributed by atoms with E-state index in [1.807, 2.05) is 0 Å². The Bertz CT molecular complexity index is 183. The minimum Gasteiger partial charge on any atom is -0.465 e. The molecular weight excluding hydrogens is 232 g/mol. The molecular formula is C14H28O2S. The molecule has 2 nitrogen and oxygen atoms in total. The third-order valence-corrected chi connectivity index (χ3v) is 3.31. The predicted octanol–water partition coefficient (Wildman–Crippen LogP) is 4.38. The maximum Gasteiger partial charge on any atom is 0.318 e. The molecule has 0 radical (unpaired) electrons. The van der Waals surface area contributed by atoms with Crippen molar-refractivity contribution in [3.05, 3.63) is 0 Å². The van der Waals surface area contributed by atoms with Crippen LogP contribution in [0.3, 0.4) is 0 Å². The molecule has 0 aliphatic rings. The van der Waals surface area contributed by atoms with Crippen LogP contribution in [0.1, 0.15) is 71.6 Å². The molecule has 0 rings (SSSR count). The van der Waals surface area contributed by atoms with E-state index in [9.17, 15) is 4.79 Å². The standard InChI is InChI=1S/C14H28O2S/c1-3-5-7-8-9-10-12-16-14(15)13(17)11-6-4-2/h13,17H,3-12H2,1-2H3. The Morgan fingerprint density at radius 3 is 2.24 bits per heavy atom. The van der Waals surface area contributed by atoms with Crippen molar-refractivity contribution >= 4 is 18.6 Å². The van der Waals surface area contributed by atoms with Gasteiger partial charge >= 0.3 is 5.97 Å². The van der Waals surface area contributed by atoms with Crippen LogP contribution in [0, 0.1) is 0 Å². The third-order valence-electron chi connectivity index (χ3n) is 2.85. The normalized spacial score (nSPS) is 12.4. The van der Waals surface area contributed by atoms with Gasteiger partial charge in [0.05, 0.1) is 11.9 Å². The summed E-state index contributed by atoms with van der Waals surface area (Å²) >= 11 is 4.26. The fraction of sp³-hybridized carbons (Fsp3) is 0.929. The number of carbonyl (C=O) groups excluding carboxylic acids is 1. The van der Waals surface area contributed by atoms with Crippen LogP contribution in [0.2, 0.25) is 0 Å². The highest BCUT2D eigenvalue weighted by atomic mass is 32.1. The quantitative estimate of drug-likeness (QED) is 0.339. The van der Waals surface area contributed by atoms with Gasteiger partial charge < -0.3 is 4.74 Å². The second kappa shape index (κ2) is 12.3. The first kappa shape index (κ1) is 16.8. The van der Waals surface area contributed by atoms with E-state index in [0.717, 1.165) is 25.7 Å². The molecule has 0 aromatic heterocycles. The van der Waals surface area contributed by atoms with E-state index < -0.39 is 0 Å². The van der Waals surface area contributed by atoms with Crippen molar-refractivity contribution in [2.75, 3.05) is 6.61 Å². The van der Waals surface area contributed by atoms with Crippen LogP contribution in [0.25, 0.3) is 0 Å². The lowest BCUT2D eigenvalue weighted by molar-refractivity contribution is -0.143. The van der Waals surface area contributed by atoms with Crippen molar-refractivity contribution in [3.63, 3.8) is 0 Å². The topological polar surface area (TPSA) is 26.3 Å². The lowest BCUT2D eigenvalue weighted by atomic mass is 10.1. The zero-order valence-corrected chi connectivity index (χ0v) is 12.3. The second-order valence-corrected chi connectivity index (χ2v) is 5.22. The molecule has 0 amide bonds. The van der Waals surface area contributed by atoms with Gasteiger partial charge in [-0.05, 0) is 12.8 Å². The van der Waals surface area contributed by atoms with Crippen molar-refractivity contribution < 1.29 is 9.53 Å². The molecule has 102 valence electrons. The van der Waals surface area contributed by atoms with Crippen LogP contribution in [-0.2, 0) is 9.53 Å². The van der Waals surface area contributed by atoms with Crippen molar-refractivity contribution in [1.82, 2.24) is 0 Å². The van der Waals surface area contributed by atoms with Gasteiger partial charge in [-0.3, -0.25) is 4.79 Å². The van der Waals surface area contributed by atoms with Gasteiger partial charge in [0.25, 0.3) is 0 Å². The molecule has 0 saturated carbocycles. The van der Waals surface area contributed by atoms with Crippen molar-refractivity contribution in [1.29, 1.82) is 0 Å². The third kappa shape index (κ3) is 10.7. The molecule has 0 saturated heterocycles. The summed E-state index contributed by atoms with van der Waals surface area (Å²) in [5.41, 5.74) is 0. The van der Waals surface area contributed by atoms with Crippen molar-refractivity contribution in [2.45, 2.75) is 76.9 Å². The Balaban J connectivity index is 3.32. The minimum absolute atomic E-state index is 0.143. The molecule has 0 aliphatic heterocycles. The number of ether oxygens (including phenoxy) is 1. The van der Waals surface area contributed by atoms with E-state index in [0.29, 0.717) is 6.61 Å². The number of hydrogen-bond acceptors (Lipinski definition) is 3. The number of carbonyl (C=O) groups is 1. The highest BCUT2D eigenvalue weighted by Crippen LogP contribution is 2.10. The molecule has 0 spiro atoms. The Hall–Kier alpha value is -0.180. The second-order valence-electron chi connectivity index (χ2n) is 4.59. The molecule has 0 aromatic carbocycles. The van der Waals surface area contributed by atoms with Crippen LogP contribution in [-0.4, -0.2) is 17.8 Å². The molecule has 0 aliphatic carbocycles. The van der Waals surface area contributed by atoms with Crippen molar-refractivity contribution in [3.8, 4) is 0 Å². The summed E-state index contributed by atoms with van der Waals surface area (Å²) in [6.45, 7) is 4.89. The zero-order chi connectivity index (χ0) is 12.9. The molecule has 0 bridgehead atoms. The molecule has 0 fully saturated rings. The highest BCUT2D eigenvalue weighted by molar-refractivity contribution is 7.81. The molecule has 1 atom stereocenters. The molecule has 1 unspecified atom stereocenters. The lowest BCUT2D eigenvalue weighted by Crippen LogP contribution is -2.18. The van der Waals surface area contributed by atoms with E-state index in [1.54, 1.807) is 0 Å². The minimum atomic E-state index is -0.227. The number of thiol groups is 1. The van der Waals surface area contributed by atoms with Gasteiger partial charge in [0.1, 0.15) is 0 Å². The summed E-state index contributed by atoms with van der Waals surface area (Å²) < 4.78 is 5.19. The van der Waals surface area contributed by atoms with Gasteiger partial charge in [0.2, 0.25) is 0 Å². The Morgan fingerprint density at radius 2 is 1.59 bits per heavy atom. The summed E-state index contributed by atoms with van der Waals surface area (Å²) in [7, 11) is 0. The molecule has 17 heavy (non-hydrogen) atoms. The fourth-order valence-corrected chi connectivity index (χ4v) is 1.92. The van der Waals surface area contributed by atoms with Gasteiger partial charge in [0.15, 0.2) is 0 Å². The average molecular weight is 260 g/mol. The molecule has 0 N–H and O–H groups in total. The number of rotatable bonds is 11. The largest absolute Gasteiger partial charge is 0.465 e. The average Bonchev–Trinajstić information content (AvgIpc) is 2.34.